The van der Waals surface area contributed by atoms with Crippen LogP contribution in [0.1, 0.15) is 34.1 Å². The fraction of sp³-hybridized carbons (Fsp3) is 0.846. The molecule has 1 aliphatic heterocycles. The van der Waals surface area contributed by atoms with E-state index in [1.807, 2.05) is 0 Å². The van der Waals surface area contributed by atoms with Crippen molar-refractivity contribution in [2.45, 2.75) is 46.2 Å². The van der Waals surface area contributed by atoms with E-state index in [4.69, 9.17) is 0 Å². The number of hydrogen-bond donors (Lipinski definition) is 0. The number of thioether (sulfide) groups is 1. The van der Waals surface area contributed by atoms with Crippen LogP contribution in [0.15, 0.2) is 12.7 Å². The first-order chi connectivity index (χ1) is 6.94. The molecule has 0 N–H and O–H groups in total. The van der Waals surface area contributed by atoms with Gasteiger partial charge in [-0.05, 0) is 25.3 Å². The number of nitrogens with zero attached hydrogens (tertiary/aromatic N) is 1. The van der Waals surface area contributed by atoms with E-state index < -0.39 is 0 Å². The summed E-state index contributed by atoms with van der Waals surface area (Å²) < 4.78 is 0. The molecule has 0 aromatic heterocycles. The molecule has 1 fully saturated rings. The Hall–Kier alpha value is 0.0500. The number of rotatable bonds is 5. The molecule has 15 heavy (non-hydrogen) atoms. The number of hydrogen-bond acceptors (Lipinski definition) is 2. The van der Waals surface area contributed by atoms with E-state index >= 15 is 0 Å². The minimum atomic E-state index is 0.441. The summed E-state index contributed by atoms with van der Waals surface area (Å²) >= 11 is 2.06. The molecule has 0 spiro atoms. The Labute approximate surface area is 99.3 Å². The molecule has 2 heteroatoms. The molecule has 0 aromatic carbocycles. The van der Waals surface area contributed by atoms with Gasteiger partial charge in [0.1, 0.15) is 0 Å². The van der Waals surface area contributed by atoms with Crippen molar-refractivity contribution in [3.63, 3.8) is 0 Å². The van der Waals surface area contributed by atoms with Gasteiger partial charge in [-0.1, -0.05) is 26.8 Å². The lowest BCUT2D eigenvalue weighted by molar-refractivity contribution is 0.164. The molecular weight excluding hydrogens is 202 g/mol. The first-order valence-electron chi connectivity index (χ1n) is 5.90. The van der Waals surface area contributed by atoms with Gasteiger partial charge in [0, 0.05) is 23.6 Å². The maximum Gasteiger partial charge on any atom is 0.0282 e. The molecular formula is C13H25NS. The van der Waals surface area contributed by atoms with Gasteiger partial charge in [0.15, 0.2) is 0 Å². The van der Waals surface area contributed by atoms with Crippen molar-refractivity contribution in [3.8, 4) is 0 Å². The molecule has 0 radical (unpaired) electrons. The summed E-state index contributed by atoms with van der Waals surface area (Å²) in [4.78, 5) is 2.62. The average Bonchev–Trinajstić information content (AvgIpc) is 2.06. The molecule has 0 aliphatic carbocycles. The summed E-state index contributed by atoms with van der Waals surface area (Å²) in [5.74, 6) is 2.62. The fourth-order valence-electron chi connectivity index (χ4n) is 1.73. The third kappa shape index (κ3) is 4.20. The smallest absolute Gasteiger partial charge is 0.0282 e. The van der Waals surface area contributed by atoms with Crippen LogP contribution >= 0.6 is 11.8 Å². The Bertz CT molecular complexity index is 203. The summed E-state index contributed by atoms with van der Waals surface area (Å²) in [5, 5.41) is 0. The standard InChI is InChI=1S/C13H25NS/c1-6-11(2)14(12-9-15-10-12)8-7-13(3,4)5/h6,11-12H,1,7-10H2,2-5H3. The molecule has 1 nitrogen and oxygen atoms in total. The van der Waals surface area contributed by atoms with Crippen LogP contribution in [-0.4, -0.2) is 35.0 Å². The van der Waals surface area contributed by atoms with Crippen molar-refractivity contribution >= 4 is 11.8 Å². The fourth-order valence-corrected chi connectivity index (χ4v) is 2.56. The molecule has 88 valence electrons. The largest absolute Gasteiger partial charge is 0.293 e. The second kappa shape index (κ2) is 5.40. The van der Waals surface area contributed by atoms with Crippen LogP contribution in [0.4, 0.5) is 0 Å². The lowest BCUT2D eigenvalue weighted by atomic mass is 9.91. The highest BCUT2D eigenvalue weighted by Gasteiger charge is 2.28. The minimum absolute atomic E-state index is 0.441. The summed E-state index contributed by atoms with van der Waals surface area (Å²) in [6.07, 6.45) is 3.35. The lowest BCUT2D eigenvalue weighted by Gasteiger charge is -2.41. The Balaban J connectivity index is 2.45. The Morgan fingerprint density at radius 1 is 1.47 bits per heavy atom. The van der Waals surface area contributed by atoms with E-state index in [0.717, 1.165) is 6.04 Å². The van der Waals surface area contributed by atoms with Crippen molar-refractivity contribution in [2.75, 3.05) is 18.1 Å². The van der Waals surface area contributed by atoms with Crippen LogP contribution in [0, 0.1) is 5.41 Å². The zero-order chi connectivity index (χ0) is 11.5. The van der Waals surface area contributed by atoms with Crippen LogP contribution in [0.2, 0.25) is 0 Å². The van der Waals surface area contributed by atoms with Crippen molar-refractivity contribution in [1.82, 2.24) is 4.90 Å². The van der Waals surface area contributed by atoms with E-state index in [1.165, 1.54) is 24.5 Å². The second-order valence-corrected chi connectivity index (χ2v) is 6.79. The molecule has 1 unspecified atom stereocenters. The third-order valence-electron chi connectivity index (χ3n) is 3.07. The quantitative estimate of drug-likeness (QED) is 0.662. The summed E-state index contributed by atoms with van der Waals surface area (Å²) in [7, 11) is 0. The zero-order valence-corrected chi connectivity index (χ0v) is 11.4. The minimum Gasteiger partial charge on any atom is -0.293 e. The van der Waals surface area contributed by atoms with Gasteiger partial charge in [-0.25, -0.2) is 0 Å². The molecule has 0 aromatic rings. The predicted molar refractivity (Wildman–Crippen MR) is 71.6 cm³/mol. The van der Waals surface area contributed by atoms with E-state index in [2.05, 4.69) is 57.0 Å². The van der Waals surface area contributed by atoms with Gasteiger partial charge in [0.05, 0.1) is 0 Å². The first-order valence-corrected chi connectivity index (χ1v) is 7.05. The lowest BCUT2D eigenvalue weighted by Crippen LogP contribution is -2.49. The highest BCUT2D eigenvalue weighted by atomic mass is 32.2. The van der Waals surface area contributed by atoms with E-state index in [0.29, 0.717) is 11.5 Å². The van der Waals surface area contributed by atoms with E-state index in [9.17, 15) is 0 Å². The molecule has 0 bridgehead atoms. The van der Waals surface area contributed by atoms with Gasteiger partial charge < -0.3 is 0 Å². The van der Waals surface area contributed by atoms with Crippen molar-refractivity contribution < 1.29 is 0 Å². The highest BCUT2D eigenvalue weighted by Crippen LogP contribution is 2.27. The second-order valence-electron chi connectivity index (χ2n) is 5.72. The Kier molecular flexibility index (Phi) is 4.72. The monoisotopic (exact) mass is 227 g/mol. The van der Waals surface area contributed by atoms with Crippen molar-refractivity contribution in [3.05, 3.63) is 12.7 Å². The van der Waals surface area contributed by atoms with Gasteiger partial charge in [-0.15, -0.1) is 6.58 Å². The van der Waals surface area contributed by atoms with Crippen LogP contribution in [-0.2, 0) is 0 Å². The third-order valence-corrected chi connectivity index (χ3v) is 4.31. The molecule has 0 saturated carbocycles. The van der Waals surface area contributed by atoms with Crippen LogP contribution in [0.3, 0.4) is 0 Å². The molecule has 0 amide bonds. The van der Waals surface area contributed by atoms with Crippen LogP contribution in [0.25, 0.3) is 0 Å². The van der Waals surface area contributed by atoms with Gasteiger partial charge in [0.2, 0.25) is 0 Å². The molecule has 1 rings (SSSR count). The molecule has 1 atom stereocenters. The average molecular weight is 227 g/mol. The normalized spacial score (nSPS) is 20.1. The topological polar surface area (TPSA) is 3.24 Å². The Morgan fingerprint density at radius 2 is 2.07 bits per heavy atom. The predicted octanol–water partition coefficient (Wildman–Crippen LogP) is 3.41. The van der Waals surface area contributed by atoms with Crippen LogP contribution < -0.4 is 0 Å². The molecule has 1 aliphatic rings. The van der Waals surface area contributed by atoms with Gasteiger partial charge in [0.25, 0.3) is 0 Å². The maximum absolute atomic E-state index is 3.92. The summed E-state index contributed by atoms with van der Waals surface area (Å²) in [5.41, 5.74) is 0.441. The van der Waals surface area contributed by atoms with Gasteiger partial charge in [-0.3, -0.25) is 4.90 Å². The van der Waals surface area contributed by atoms with Crippen molar-refractivity contribution in [2.24, 2.45) is 5.41 Å². The van der Waals surface area contributed by atoms with Gasteiger partial charge >= 0.3 is 0 Å². The summed E-state index contributed by atoms with van der Waals surface area (Å²) in [6.45, 7) is 14.3. The van der Waals surface area contributed by atoms with E-state index in [-0.39, 0.29) is 0 Å². The molecule has 1 saturated heterocycles. The zero-order valence-electron chi connectivity index (χ0n) is 10.6. The SMILES string of the molecule is C=CC(C)N(CCC(C)(C)C)C1CSC1. The van der Waals surface area contributed by atoms with Crippen LogP contribution in [0.5, 0.6) is 0 Å². The van der Waals surface area contributed by atoms with Crippen molar-refractivity contribution in [1.29, 1.82) is 0 Å². The first kappa shape index (κ1) is 13.1. The Morgan fingerprint density at radius 3 is 2.40 bits per heavy atom. The highest BCUT2D eigenvalue weighted by molar-refractivity contribution is 8.00. The molecule has 1 heterocycles. The van der Waals surface area contributed by atoms with Gasteiger partial charge in [-0.2, -0.15) is 11.8 Å². The maximum atomic E-state index is 3.92. The summed E-state index contributed by atoms with van der Waals surface area (Å²) in [6, 6.07) is 1.32. The van der Waals surface area contributed by atoms with E-state index in [1.54, 1.807) is 0 Å².